The second kappa shape index (κ2) is 7.76. The highest BCUT2D eigenvalue weighted by molar-refractivity contribution is 6.34. The van der Waals surface area contributed by atoms with E-state index in [9.17, 15) is 9.59 Å². The van der Waals surface area contributed by atoms with Crippen molar-refractivity contribution in [2.45, 2.75) is 6.92 Å². The van der Waals surface area contributed by atoms with Crippen LogP contribution in [0.4, 0.5) is 10.6 Å². The number of hydrogen-bond acceptors (Lipinski definition) is 4. The number of aromatic nitrogens is 2. The molecule has 130 valence electrons. The monoisotopic (exact) mass is 366 g/mol. The molecule has 0 saturated carbocycles. The van der Waals surface area contributed by atoms with Crippen LogP contribution in [0.25, 0.3) is 11.3 Å². The molecule has 0 radical (unpaired) electrons. The van der Waals surface area contributed by atoms with Gasteiger partial charge in [0.1, 0.15) is 0 Å². The van der Waals surface area contributed by atoms with Gasteiger partial charge >= 0.3 is 6.03 Å². The summed E-state index contributed by atoms with van der Waals surface area (Å²) in [4.78, 5) is 32.4. The van der Waals surface area contributed by atoms with E-state index in [1.165, 1.54) is 12.3 Å². The Labute approximate surface area is 155 Å². The van der Waals surface area contributed by atoms with Crippen LogP contribution in [0.1, 0.15) is 15.9 Å². The first-order chi connectivity index (χ1) is 12.5. The Morgan fingerprint density at radius 3 is 2.35 bits per heavy atom. The third kappa shape index (κ3) is 4.23. The number of urea groups is 1. The number of benzene rings is 2. The molecule has 3 aromatic rings. The topological polar surface area (TPSA) is 84.0 Å². The zero-order valence-electron chi connectivity index (χ0n) is 13.9. The number of carbonyl (C=O) groups excluding carboxylic acids is 2. The smallest absolute Gasteiger partial charge is 0.291 e. The first-order valence-electron chi connectivity index (χ1n) is 7.79. The number of carbonyl (C=O) groups is 2. The summed E-state index contributed by atoms with van der Waals surface area (Å²) in [5.74, 6) is -0.373. The van der Waals surface area contributed by atoms with E-state index < -0.39 is 11.9 Å². The molecule has 0 unspecified atom stereocenters. The van der Waals surface area contributed by atoms with Gasteiger partial charge in [-0.1, -0.05) is 53.6 Å². The molecule has 0 aliphatic carbocycles. The van der Waals surface area contributed by atoms with Gasteiger partial charge in [0.2, 0.25) is 0 Å². The van der Waals surface area contributed by atoms with Crippen molar-refractivity contribution < 1.29 is 9.59 Å². The van der Waals surface area contributed by atoms with Gasteiger partial charge in [-0.3, -0.25) is 20.4 Å². The molecule has 0 aliphatic heterocycles. The first-order valence-corrected chi connectivity index (χ1v) is 8.16. The summed E-state index contributed by atoms with van der Waals surface area (Å²) < 4.78 is 0. The normalized spacial score (nSPS) is 10.2. The number of imide groups is 1. The van der Waals surface area contributed by atoms with E-state index in [0.717, 1.165) is 11.1 Å². The molecule has 6 nitrogen and oxygen atoms in total. The molecule has 0 atom stereocenters. The molecule has 1 heterocycles. The molecule has 26 heavy (non-hydrogen) atoms. The maximum atomic E-state index is 12.0. The summed E-state index contributed by atoms with van der Waals surface area (Å²) in [6.45, 7) is 2.00. The summed E-state index contributed by atoms with van der Waals surface area (Å²) in [5.41, 5.74) is 2.97. The molecule has 1 aromatic heterocycles. The van der Waals surface area contributed by atoms with Crippen LogP contribution in [-0.2, 0) is 0 Å². The summed E-state index contributed by atoms with van der Waals surface area (Å²) >= 11 is 5.93. The van der Waals surface area contributed by atoms with Gasteiger partial charge in [-0.05, 0) is 19.1 Å². The number of nitrogens with zero attached hydrogens (tertiary/aromatic N) is 2. The van der Waals surface area contributed by atoms with E-state index in [4.69, 9.17) is 11.6 Å². The molecule has 0 fully saturated rings. The number of hydrogen-bond donors (Lipinski definition) is 2. The SMILES string of the molecule is Cc1ccc(-c2cnc(NC(=O)NC(=O)c3ccccc3Cl)cn2)cc1. The lowest BCUT2D eigenvalue weighted by atomic mass is 10.1. The van der Waals surface area contributed by atoms with Crippen LogP contribution >= 0.6 is 11.6 Å². The van der Waals surface area contributed by atoms with Gasteiger partial charge in [-0.15, -0.1) is 0 Å². The third-order valence-electron chi connectivity index (χ3n) is 3.59. The lowest BCUT2D eigenvalue weighted by molar-refractivity contribution is 0.0967. The molecule has 7 heteroatoms. The average Bonchev–Trinajstić information content (AvgIpc) is 2.63. The minimum atomic E-state index is -0.715. The molecule has 0 saturated heterocycles. The van der Waals surface area contributed by atoms with Crippen molar-refractivity contribution in [2.75, 3.05) is 5.32 Å². The van der Waals surface area contributed by atoms with E-state index in [1.54, 1.807) is 24.4 Å². The van der Waals surface area contributed by atoms with E-state index in [1.807, 2.05) is 31.2 Å². The molecule has 3 amide bonds. The van der Waals surface area contributed by atoms with Gasteiger partial charge in [-0.2, -0.15) is 0 Å². The predicted molar refractivity (Wildman–Crippen MR) is 100 cm³/mol. The van der Waals surface area contributed by atoms with Crippen molar-refractivity contribution in [3.8, 4) is 11.3 Å². The van der Waals surface area contributed by atoms with Gasteiger partial charge in [0, 0.05) is 5.56 Å². The molecule has 3 rings (SSSR count). The van der Waals surface area contributed by atoms with Crippen LogP contribution in [0.5, 0.6) is 0 Å². The summed E-state index contributed by atoms with van der Waals surface area (Å²) in [6, 6.07) is 13.6. The third-order valence-corrected chi connectivity index (χ3v) is 3.92. The highest BCUT2D eigenvalue weighted by atomic mass is 35.5. The zero-order valence-corrected chi connectivity index (χ0v) is 14.6. The molecule has 0 spiro atoms. The second-order valence-corrected chi connectivity index (χ2v) is 5.95. The Morgan fingerprint density at radius 1 is 0.962 bits per heavy atom. The van der Waals surface area contributed by atoms with Crippen molar-refractivity contribution >= 4 is 29.4 Å². The fourth-order valence-corrected chi connectivity index (χ4v) is 2.45. The Hall–Kier alpha value is -3.25. The van der Waals surface area contributed by atoms with Crippen LogP contribution in [0.2, 0.25) is 5.02 Å². The Kier molecular flexibility index (Phi) is 5.24. The Bertz CT molecular complexity index is 941. The average molecular weight is 367 g/mol. The highest BCUT2D eigenvalue weighted by Crippen LogP contribution is 2.17. The van der Waals surface area contributed by atoms with E-state index >= 15 is 0 Å². The van der Waals surface area contributed by atoms with Crippen LogP contribution in [-0.4, -0.2) is 21.9 Å². The maximum Gasteiger partial charge on any atom is 0.327 e. The van der Waals surface area contributed by atoms with Crippen LogP contribution in [0.3, 0.4) is 0 Å². The second-order valence-electron chi connectivity index (χ2n) is 5.54. The number of anilines is 1. The number of rotatable bonds is 3. The fraction of sp³-hybridized carbons (Fsp3) is 0.0526. The van der Waals surface area contributed by atoms with E-state index in [0.29, 0.717) is 5.69 Å². The minimum absolute atomic E-state index is 0.213. The summed E-state index contributed by atoms with van der Waals surface area (Å²) in [7, 11) is 0. The Balaban J connectivity index is 1.63. The summed E-state index contributed by atoms with van der Waals surface area (Å²) in [6.07, 6.45) is 2.98. The quantitative estimate of drug-likeness (QED) is 0.731. The van der Waals surface area contributed by atoms with Crippen molar-refractivity contribution in [1.82, 2.24) is 15.3 Å². The molecule has 0 bridgehead atoms. The maximum absolute atomic E-state index is 12.0. The molecular weight excluding hydrogens is 352 g/mol. The number of nitrogens with one attached hydrogen (secondary N) is 2. The van der Waals surface area contributed by atoms with Gasteiger partial charge in [-0.25, -0.2) is 9.78 Å². The zero-order chi connectivity index (χ0) is 18.5. The first kappa shape index (κ1) is 17.6. The standard InChI is InChI=1S/C19H15ClN4O2/c1-12-6-8-13(9-7-12)16-10-22-17(11-21-16)23-19(26)24-18(25)14-4-2-3-5-15(14)20/h2-11H,1H3,(H2,22,23,24,25,26). The van der Waals surface area contributed by atoms with Crippen LogP contribution in [0.15, 0.2) is 60.9 Å². The van der Waals surface area contributed by atoms with Crippen LogP contribution < -0.4 is 10.6 Å². The predicted octanol–water partition coefficient (Wildman–Crippen LogP) is 4.07. The fourth-order valence-electron chi connectivity index (χ4n) is 2.23. The van der Waals surface area contributed by atoms with Gasteiger partial charge in [0.05, 0.1) is 28.7 Å². The molecular formula is C19H15ClN4O2. The lowest BCUT2D eigenvalue weighted by Gasteiger charge is -2.07. The highest BCUT2D eigenvalue weighted by Gasteiger charge is 2.13. The van der Waals surface area contributed by atoms with Gasteiger partial charge < -0.3 is 0 Å². The van der Waals surface area contributed by atoms with Crippen molar-refractivity contribution in [2.24, 2.45) is 0 Å². The number of aryl methyl sites for hydroxylation is 1. The number of halogens is 1. The van der Waals surface area contributed by atoms with Gasteiger partial charge in [0.25, 0.3) is 5.91 Å². The minimum Gasteiger partial charge on any atom is -0.291 e. The van der Waals surface area contributed by atoms with Crippen LogP contribution in [0, 0.1) is 6.92 Å². The van der Waals surface area contributed by atoms with E-state index in [-0.39, 0.29) is 16.4 Å². The lowest BCUT2D eigenvalue weighted by Crippen LogP contribution is -2.34. The van der Waals surface area contributed by atoms with Crippen molar-refractivity contribution in [3.05, 3.63) is 77.1 Å². The van der Waals surface area contributed by atoms with Crippen molar-refractivity contribution in [3.63, 3.8) is 0 Å². The molecule has 2 N–H and O–H groups in total. The van der Waals surface area contributed by atoms with Gasteiger partial charge in [0.15, 0.2) is 5.82 Å². The molecule has 0 aliphatic rings. The largest absolute Gasteiger partial charge is 0.327 e. The van der Waals surface area contributed by atoms with E-state index in [2.05, 4.69) is 20.6 Å². The number of amides is 3. The summed E-state index contributed by atoms with van der Waals surface area (Å²) in [5, 5.41) is 4.92. The molecule has 2 aromatic carbocycles. The Morgan fingerprint density at radius 2 is 1.69 bits per heavy atom. The van der Waals surface area contributed by atoms with Crippen molar-refractivity contribution in [1.29, 1.82) is 0 Å².